The number of nitrogen functional groups attached to an aromatic ring is 1. The molecule has 19 heavy (non-hydrogen) atoms. The number of rotatable bonds is 2. The summed E-state index contributed by atoms with van der Waals surface area (Å²) in [5.41, 5.74) is 7.12. The Morgan fingerprint density at radius 2 is 2.26 bits per heavy atom. The summed E-state index contributed by atoms with van der Waals surface area (Å²) in [7, 11) is -3.04. The van der Waals surface area contributed by atoms with Crippen molar-refractivity contribution >= 4 is 21.4 Å². The maximum Gasteiger partial charge on any atom is 0.276 e. The highest BCUT2D eigenvalue weighted by molar-refractivity contribution is 7.91. The zero-order chi connectivity index (χ0) is 14.2. The Hall–Kier alpha value is -1.57. The van der Waals surface area contributed by atoms with Gasteiger partial charge in [0.25, 0.3) is 5.91 Å². The van der Waals surface area contributed by atoms with Crippen molar-refractivity contribution in [3.05, 3.63) is 11.4 Å². The Bertz CT molecular complexity index is 593. The molecule has 2 heterocycles. The first kappa shape index (κ1) is 13.9. The SMILES string of the molecule is CCc1[nH]nc(C(=O)N2CCS(=O)(=O)CC2C)c1N. The number of hydrogen-bond acceptors (Lipinski definition) is 5. The van der Waals surface area contributed by atoms with Gasteiger partial charge in [-0.05, 0) is 13.3 Å². The van der Waals surface area contributed by atoms with Crippen molar-refractivity contribution < 1.29 is 13.2 Å². The molecule has 1 saturated heterocycles. The predicted octanol–water partition coefficient (Wildman–Crippen LogP) is -0.187. The second-order valence-electron chi connectivity index (χ2n) is 4.78. The third-order valence-electron chi connectivity index (χ3n) is 3.37. The maximum atomic E-state index is 12.3. The topological polar surface area (TPSA) is 109 Å². The van der Waals surface area contributed by atoms with E-state index in [0.29, 0.717) is 12.1 Å². The molecule has 1 amide bonds. The third kappa shape index (κ3) is 2.58. The van der Waals surface area contributed by atoms with Crippen LogP contribution in [0.1, 0.15) is 30.0 Å². The van der Waals surface area contributed by atoms with Gasteiger partial charge in [0.2, 0.25) is 0 Å². The van der Waals surface area contributed by atoms with Crippen molar-refractivity contribution in [2.24, 2.45) is 0 Å². The highest BCUT2D eigenvalue weighted by Crippen LogP contribution is 2.20. The molecule has 1 atom stereocenters. The maximum absolute atomic E-state index is 12.3. The van der Waals surface area contributed by atoms with E-state index >= 15 is 0 Å². The first-order valence-electron chi connectivity index (χ1n) is 6.19. The van der Waals surface area contributed by atoms with Crippen LogP contribution in [0.3, 0.4) is 0 Å². The molecule has 0 radical (unpaired) electrons. The lowest BCUT2D eigenvalue weighted by Crippen LogP contribution is -2.49. The largest absolute Gasteiger partial charge is 0.395 e. The highest BCUT2D eigenvalue weighted by Gasteiger charge is 2.33. The molecule has 2 rings (SSSR count). The van der Waals surface area contributed by atoms with E-state index in [1.165, 1.54) is 4.90 Å². The van der Waals surface area contributed by atoms with Crippen LogP contribution in [-0.2, 0) is 16.3 Å². The quantitative estimate of drug-likeness (QED) is 0.783. The van der Waals surface area contributed by atoms with E-state index in [2.05, 4.69) is 10.2 Å². The number of nitrogens with one attached hydrogen (secondary N) is 1. The number of carbonyl (C=O) groups is 1. The molecule has 1 aromatic rings. The molecule has 3 N–H and O–H groups in total. The summed E-state index contributed by atoms with van der Waals surface area (Å²) in [6, 6.07) is -0.354. The summed E-state index contributed by atoms with van der Waals surface area (Å²) >= 11 is 0. The first-order valence-corrected chi connectivity index (χ1v) is 8.02. The van der Waals surface area contributed by atoms with Gasteiger partial charge in [-0.3, -0.25) is 9.89 Å². The van der Waals surface area contributed by atoms with Crippen LogP contribution in [0.5, 0.6) is 0 Å². The normalized spacial score (nSPS) is 22.4. The summed E-state index contributed by atoms with van der Waals surface area (Å²) in [6.07, 6.45) is 0.663. The number of nitrogens with two attached hydrogens (primary N) is 1. The predicted molar refractivity (Wildman–Crippen MR) is 71.5 cm³/mol. The fourth-order valence-electron chi connectivity index (χ4n) is 2.26. The minimum Gasteiger partial charge on any atom is -0.395 e. The lowest BCUT2D eigenvalue weighted by atomic mass is 10.2. The molecular formula is C11H18N4O3S. The van der Waals surface area contributed by atoms with E-state index in [4.69, 9.17) is 5.73 Å². The van der Waals surface area contributed by atoms with Gasteiger partial charge in [-0.2, -0.15) is 5.10 Å². The lowest BCUT2D eigenvalue weighted by molar-refractivity contribution is 0.0707. The number of aromatic nitrogens is 2. The molecule has 8 heteroatoms. The van der Waals surface area contributed by atoms with Gasteiger partial charge in [-0.15, -0.1) is 0 Å². The molecule has 1 aliphatic heterocycles. The summed E-state index contributed by atoms with van der Waals surface area (Å²) in [5, 5.41) is 6.68. The molecule has 0 aromatic carbocycles. The van der Waals surface area contributed by atoms with Crippen molar-refractivity contribution in [3.8, 4) is 0 Å². The number of aromatic amines is 1. The Balaban J connectivity index is 2.23. The number of sulfone groups is 1. The van der Waals surface area contributed by atoms with Gasteiger partial charge in [0, 0.05) is 12.6 Å². The lowest BCUT2D eigenvalue weighted by Gasteiger charge is -2.32. The van der Waals surface area contributed by atoms with Gasteiger partial charge in [0.1, 0.15) is 0 Å². The van der Waals surface area contributed by atoms with Crippen molar-refractivity contribution in [2.75, 3.05) is 23.8 Å². The minimum atomic E-state index is -3.04. The van der Waals surface area contributed by atoms with Crippen LogP contribution in [0.4, 0.5) is 5.69 Å². The molecule has 1 aliphatic rings. The molecule has 0 saturated carbocycles. The standard InChI is InChI=1S/C11H18N4O3S/c1-3-8-9(12)10(14-13-8)11(16)15-4-5-19(17,18)6-7(15)2/h7H,3-6,12H2,1-2H3,(H,13,14). The van der Waals surface area contributed by atoms with Crippen molar-refractivity contribution in [3.63, 3.8) is 0 Å². The van der Waals surface area contributed by atoms with E-state index in [-0.39, 0.29) is 35.7 Å². The zero-order valence-electron chi connectivity index (χ0n) is 11.0. The molecular weight excluding hydrogens is 268 g/mol. The second-order valence-corrected chi connectivity index (χ2v) is 7.01. The number of nitrogens with zero attached hydrogens (tertiary/aromatic N) is 2. The van der Waals surface area contributed by atoms with Crippen molar-refractivity contribution in [2.45, 2.75) is 26.3 Å². The van der Waals surface area contributed by atoms with Crippen LogP contribution in [-0.4, -0.2) is 53.5 Å². The zero-order valence-corrected chi connectivity index (χ0v) is 11.8. The van der Waals surface area contributed by atoms with Gasteiger partial charge in [0.05, 0.1) is 22.9 Å². The average Bonchev–Trinajstić information content (AvgIpc) is 2.68. The first-order chi connectivity index (χ1) is 8.85. The van der Waals surface area contributed by atoms with Crippen LogP contribution in [0.25, 0.3) is 0 Å². The smallest absolute Gasteiger partial charge is 0.276 e. The van der Waals surface area contributed by atoms with E-state index in [1.54, 1.807) is 6.92 Å². The van der Waals surface area contributed by atoms with E-state index in [0.717, 1.165) is 5.69 Å². The third-order valence-corrected chi connectivity index (χ3v) is 5.17. The summed E-state index contributed by atoms with van der Waals surface area (Å²) in [5.74, 6) is -0.326. The van der Waals surface area contributed by atoms with Crippen molar-refractivity contribution in [1.82, 2.24) is 15.1 Å². The van der Waals surface area contributed by atoms with E-state index in [9.17, 15) is 13.2 Å². The van der Waals surface area contributed by atoms with E-state index in [1.807, 2.05) is 6.92 Å². The Morgan fingerprint density at radius 3 is 2.79 bits per heavy atom. The average molecular weight is 286 g/mol. The Morgan fingerprint density at radius 1 is 1.58 bits per heavy atom. The monoisotopic (exact) mass is 286 g/mol. The van der Waals surface area contributed by atoms with Gasteiger partial charge in [-0.1, -0.05) is 6.92 Å². The van der Waals surface area contributed by atoms with Crippen LogP contribution in [0.2, 0.25) is 0 Å². The van der Waals surface area contributed by atoms with E-state index < -0.39 is 9.84 Å². The van der Waals surface area contributed by atoms with Crippen LogP contribution in [0, 0.1) is 0 Å². The molecule has 106 valence electrons. The fraction of sp³-hybridized carbons (Fsp3) is 0.636. The Kier molecular flexibility index (Phi) is 3.53. The minimum absolute atomic E-state index is 0.00591. The van der Waals surface area contributed by atoms with Gasteiger partial charge < -0.3 is 10.6 Å². The number of H-pyrrole nitrogens is 1. The van der Waals surface area contributed by atoms with Gasteiger partial charge in [-0.25, -0.2) is 8.42 Å². The highest BCUT2D eigenvalue weighted by atomic mass is 32.2. The van der Waals surface area contributed by atoms with Gasteiger partial charge >= 0.3 is 0 Å². The summed E-state index contributed by atoms with van der Waals surface area (Å²) in [6.45, 7) is 3.82. The molecule has 0 aliphatic carbocycles. The number of aryl methyl sites for hydroxylation is 1. The van der Waals surface area contributed by atoms with Crippen LogP contribution >= 0.6 is 0 Å². The molecule has 1 fully saturated rings. The fourth-order valence-corrected chi connectivity index (χ4v) is 3.81. The molecule has 1 aromatic heterocycles. The number of hydrogen-bond donors (Lipinski definition) is 2. The molecule has 1 unspecified atom stereocenters. The molecule has 0 spiro atoms. The number of amides is 1. The summed E-state index contributed by atoms with van der Waals surface area (Å²) < 4.78 is 23.0. The van der Waals surface area contributed by atoms with Gasteiger partial charge in [0.15, 0.2) is 15.5 Å². The number of carbonyl (C=O) groups excluding carboxylic acids is 1. The molecule has 0 bridgehead atoms. The Labute approximate surface area is 112 Å². The molecule has 7 nitrogen and oxygen atoms in total. The second kappa shape index (κ2) is 4.84. The van der Waals surface area contributed by atoms with Crippen LogP contribution < -0.4 is 5.73 Å². The van der Waals surface area contributed by atoms with Crippen molar-refractivity contribution in [1.29, 1.82) is 0 Å². The number of anilines is 1. The summed E-state index contributed by atoms with van der Waals surface area (Å²) in [4.78, 5) is 13.9. The van der Waals surface area contributed by atoms with Crippen LogP contribution in [0.15, 0.2) is 0 Å².